The van der Waals surface area contributed by atoms with E-state index in [9.17, 15) is 9.59 Å². The van der Waals surface area contributed by atoms with E-state index in [-0.39, 0.29) is 11.9 Å². The van der Waals surface area contributed by atoms with Gasteiger partial charge in [0.1, 0.15) is 11.4 Å². The van der Waals surface area contributed by atoms with Gasteiger partial charge in [0.15, 0.2) is 0 Å². The van der Waals surface area contributed by atoms with Crippen LogP contribution in [-0.2, 0) is 23.6 Å². The lowest BCUT2D eigenvalue weighted by molar-refractivity contribution is 0.0514. The minimum atomic E-state index is -0.340. The number of hydrogen-bond acceptors (Lipinski definition) is 6. The molecule has 31 heavy (non-hydrogen) atoms. The smallest absolute Gasteiger partial charge is 0.354 e. The van der Waals surface area contributed by atoms with Crippen molar-refractivity contribution in [2.45, 2.75) is 6.92 Å². The summed E-state index contributed by atoms with van der Waals surface area (Å²) < 4.78 is 13.3. The van der Waals surface area contributed by atoms with Crippen LogP contribution in [0.25, 0.3) is 21.8 Å². The van der Waals surface area contributed by atoms with E-state index in [0.717, 1.165) is 21.8 Å². The number of nitrogens with two attached hydrogens (primary N) is 2. The van der Waals surface area contributed by atoms with Crippen LogP contribution in [0.5, 0.6) is 0 Å². The molecule has 0 aliphatic carbocycles. The SMILES string of the molecule is CCOC(=O)c1cc2cc(N)ccc2n1C.COC(=O)c1cc2cc(N)ccc2n1C. The topological polar surface area (TPSA) is 114 Å². The number of esters is 2. The van der Waals surface area contributed by atoms with Crippen molar-refractivity contribution in [2.24, 2.45) is 14.1 Å². The Bertz CT molecular complexity index is 1270. The molecule has 4 rings (SSSR count). The Labute approximate surface area is 179 Å². The molecule has 4 aromatic rings. The molecule has 8 heteroatoms. The standard InChI is InChI=1S/C12H14N2O2.C11H12N2O2/c1-3-16-12(15)11-7-8-6-9(13)4-5-10(8)14(11)2;1-13-9-4-3-8(12)5-7(9)6-10(13)11(14)15-2/h4-7H,3,13H2,1-2H3;3-6H,12H2,1-2H3. The maximum Gasteiger partial charge on any atom is 0.354 e. The van der Waals surface area contributed by atoms with Crippen molar-refractivity contribution in [3.05, 3.63) is 59.9 Å². The first-order valence-corrected chi connectivity index (χ1v) is 9.72. The zero-order valence-corrected chi connectivity index (χ0v) is 18.0. The van der Waals surface area contributed by atoms with Crippen molar-refractivity contribution >= 4 is 45.1 Å². The van der Waals surface area contributed by atoms with Crippen molar-refractivity contribution in [3.63, 3.8) is 0 Å². The lowest BCUT2D eigenvalue weighted by Gasteiger charge is -2.03. The Balaban J connectivity index is 0.000000176. The Hall–Kier alpha value is -3.94. The van der Waals surface area contributed by atoms with Crippen LogP contribution in [0.3, 0.4) is 0 Å². The fraction of sp³-hybridized carbons (Fsp3) is 0.217. The Morgan fingerprint density at radius 3 is 1.68 bits per heavy atom. The third-order valence-corrected chi connectivity index (χ3v) is 5.01. The molecule has 8 nitrogen and oxygen atoms in total. The van der Waals surface area contributed by atoms with E-state index < -0.39 is 0 Å². The van der Waals surface area contributed by atoms with Gasteiger partial charge in [-0.3, -0.25) is 0 Å². The van der Waals surface area contributed by atoms with E-state index >= 15 is 0 Å². The van der Waals surface area contributed by atoms with Crippen molar-refractivity contribution in [1.29, 1.82) is 0 Å². The molecule has 0 radical (unpaired) electrons. The molecule has 2 heterocycles. The van der Waals surface area contributed by atoms with Crippen LogP contribution in [-0.4, -0.2) is 34.8 Å². The molecule has 0 saturated carbocycles. The van der Waals surface area contributed by atoms with Crippen molar-refractivity contribution < 1.29 is 19.1 Å². The van der Waals surface area contributed by atoms with E-state index in [2.05, 4.69) is 4.74 Å². The highest BCUT2D eigenvalue weighted by atomic mass is 16.5. The number of benzene rings is 2. The number of fused-ring (bicyclic) bond motifs is 2. The molecule has 0 fully saturated rings. The van der Waals surface area contributed by atoms with E-state index in [1.807, 2.05) is 55.1 Å². The van der Waals surface area contributed by atoms with Crippen LogP contribution in [0.4, 0.5) is 11.4 Å². The molecule has 162 valence electrons. The molecular formula is C23H26N4O4. The van der Waals surface area contributed by atoms with Crippen LogP contribution < -0.4 is 11.5 Å². The Morgan fingerprint density at radius 2 is 1.26 bits per heavy atom. The average Bonchev–Trinajstić information content (AvgIpc) is 3.24. The predicted octanol–water partition coefficient (Wildman–Crippen LogP) is 3.48. The number of anilines is 2. The second kappa shape index (κ2) is 8.83. The number of carbonyl (C=O) groups excluding carboxylic acids is 2. The molecular weight excluding hydrogens is 396 g/mol. The first-order valence-electron chi connectivity index (χ1n) is 9.72. The van der Waals surface area contributed by atoms with E-state index in [0.29, 0.717) is 29.4 Å². The minimum absolute atomic E-state index is 0.306. The summed E-state index contributed by atoms with van der Waals surface area (Å²) in [5.41, 5.74) is 15.7. The number of rotatable bonds is 3. The third-order valence-electron chi connectivity index (χ3n) is 5.01. The highest BCUT2D eigenvalue weighted by molar-refractivity contribution is 5.97. The van der Waals surface area contributed by atoms with Gasteiger partial charge in [-0.1, -0.05) is 0 Å². The van der Waals surface area contributed by atoms with Crippen molar-refractivity contribution in [3.8, 4) is 0 Å². The second-order valence-corrected chi connectivity index (χ2v) is 7.03. The highest BCUT2D eigenvalue weighted by Gasteiger charge is 2.14. The first-order chi connectivity index (χ1) is 14.8. The van der Waals surface area contributed by atoms with Gasteiger partial charge >= 0.3 is 11.9 Å². The van der Waals surface area contributed by atoms with Gasteiger partial charge in [-0.15, -0.1) is 0 Å². The molecule has 4 N–H and O–H groups in total. The fourth-order valence-corrected chi connectivity index (χ4v) is 3.44. The van der Waals surface area contributed by atoms with E-state index in [1.54, 1.807) is 23.6 Å². The number of hydrogen-bond donors (Lipinski definition) is 2. The molecule has 0 unspecified atom stereocenters. The highest BCUT2D eigenvalue weighted by Crippen LogP contribution is 2.22. The predicted molar refractivity (Wildman–Crippen MR) is 122 cm³/mol. The second-order valence-electron chi connectivity index (χ2n) is 7.03. The lowest BCUT2D eigenvalue weighted by atomic mass is 10.2. The van der Waals surface area contributed by atoms with Gasteiger partial charge in [-0.05, 0) is 55.5 Å². The van der Waals surface area contributed by atoms with Crippen LogP contribution in [0.15, 0.2) is 48.5 Å². The third kappa shape index (κ3) is 4.32. The van der Waals surface area contributed by atoms with Crippen LogP contribution >= 0.6 is 0 Å². The summed E-state index contributed by atoms with van der Waals surface area (Å²) in [5, 5.41) is 1.89. The summed E-state index contributed by atoms with van der Waals surface area (Å²) in [5.74, 6) is -0.646. The van der Waals surface area contributed by atoms with Crippen molar-refractivity contribution in [2.75, 3.05) is 25.2 Å². The van der Waals surface area contributed by atoms with Crippen molar-refractivity contribution in [1.82, 2.24) is 9.13 Å². The number of carbonyl (C=O) groups is 2. The largest absolute Gasteiger partial charge is 0.464 e. The molecule has 0 amide bonds. The zero-order chi connectivity index (χ0) is 22.7. The molecule has 0 atom stereocenters. The molecule has 0 spiro atoms. The monoisotopic (exact) mass is 422 g/mol. The minimum Gasteiger partial charge on any atom is -0.464 e. The van der Waals surface area contributed by atoms with Gasteiger partial charge < -0.3 is 30.1 Å². The van der Waals surface area contributed by atoms with Gasteiger partial charge in [-0.2, -0.15) is 0 Å². The number of aryl methyl sites for hydroxylation is 2. The van der Waals surface area contributed by atoms with E-state index in [4.69, 9.17) is 16.2 Å². The molecule has 0 aliphatic rings. The normalized spacial score (nSPS) is 10.6. The number of methoxy groups -OCH3 is 1. The summed E-state index contributed by atoms with van der Waals surface area (Å²) >= 11 is 0. The number of ether oxygens (including phenoxy) is 2. The molecule has 0 bridgehead atoms. The van der Waals surface area contributed by atoms with Gasteiger partial charge in [0.2, 0.25) is 0 Å². The summed E-state index contributed by atoms with van der Waals surface area (Å²) in [6.45, 7) is 2.17. The Morgan fingerprint density at radius 1 is 0.806 bits per heavy atom. The molecule has 0 saturated heterocycles. The van der Waals surface area contributed by atoms with Gasteiger partial charge in [-0.25, -0.2) is 9.59 Å². The number of aromatic nitrogens is 2. The lowest BCUT2D eigenvalue weighted by Crippen LogP contribution is -2.09. The Kier molecular flexibility index (Phi) is 6.20. The van der Waals surface area contributed by atoms with Gasteiger partial charge in [0, 0.05) is 47.3 Å². The van der Waals surface area contributed by atoms with E-state index in [1.165, 1.54) is 7.11 Å². The number of nitrogens with zero attached hydrogens (tertiary/aromatic N) is 2. The van der Waals surface area contributed by atoms with Crippen LogP contribution in [0.1, 0.15) is 27.9 Å². The quantitative estimate of drug-likeness (QED) is 0.386. The molecule has 2 aromatic heterocycles. The first kappa shape index (κ1) is 21.8. The molecule has 0 aliphatic heterocycles. The molecule has 2 aromatic carbocycles. The zero-order valence-electron chi connectivity index (χ0n) is 18.0. The van der Waals surface area contributed by atoms with Gasteiger partial charge in [0.25, 0.3) is 0 Å². The van der Waals surface area contributed by atoms with Crippen LogP contribution in [0.2, 0.25) is 0 Å². The van der Waals surface area contributed by atoms with Gasteiger partial charge in [0.05, 0.1) is 13.7 Å². The summed E-state index contributed by atoms with van der Waals surface area (Å²) in [4.78, 5) is 23.1. The van der Waals surface area contributed by atoms with Crippen LogP contribution in [0, 0.1) is 0 Å². The summed E-state index contributed by atoms with van der Waals surface area (Å²) in [7, 11) is 5.03. The maximum atomic E-state index is 11.6. The maximum absolute atomic E-state index is 11.6. The number of nitrogen functional groups attached to an aromatic ring is 2. The summed E-state index contributed by atoms with van der Waals surface area (Å²) in [6, 6.07) is 14.7. The average molecular weight is 422 g/mol. The fourth-order valence-electron chi connectivity index (χ4n) is 3.44. The summed E-state index contributed by atoms with van der Waals surface area (Å²) in [6.07, 6.45) is 0.